The SMILES string of the molecule is CN1C[NH+](C)C([S-])N1. The van der Waals surface area contributed by atoms with Crippen LogP contribution in [0.2, 0.25) is 0 Å². The van der Waals surface area contributed by atoms with Crippen molar-refractivity contribution in [1.82, 2.24) is 10.4 Å². The van der Waals surface area contributed by atoms with Crippen molar-refractivity contribution in [2.45, 2.75) is 5.50 Å². The molecule has 4 heteroatoms. The molecule has 1 aliphatic heterocycles. The average molecular weight is 133 g/mol. The number of nitrogens with zero attached hydrogens (tertiary/aromatic N) is 1. The fraction of sp³-hybridized carbons (Fsp3) is 1.00. The fourth-order valence-electron chi connectivity index (χ4n) is 0.813. The van der Waals surface area contributed by atoms with Gasteiger partial charge in [-0.05, 0) is 0 Å². The predicted molar refractivity (Wildman–Crippen MR) is 33.8 cm³/mol. The van der Waals surface area contributed by atoms with Crippen molar-refractivity contribution in [1.29, 1.82) is 0 Å². The van der Waals surface area contributed by atoms with Crippen molar-refractivity contribution in [3.05, 3.63) is 0 Å². The number of hydrazine groups is 1. The Morgan fingerprint density at radius 2 is 2.50 bits per heavy atom. The van der Waals surface area contributed by atoms with Crippen LogP contribution in [0.1, 0.15) is 0 Å². The number of hydrogen-bond donors (Lipinski definition) is 2. The highest BCUT2D eigenvalue weighted by Crippen LogP contribution is 1.77. The van der Waals surface area contributed by atoms with E-state index in [9.17, 15) is 0 Å². The zero-order valence-electron chi connectivity index (χ0n) is 5.14. The van der Waals surface area contributed by atoms with Crippen molar-refractivity contribution in [3.63, 3.8) is 0 Å². The van der Waals surface area contributed by atoms with Gasteiger partial charge >= 0.3 is 0 Å². The Morgan fingerprint density at radius 3 is 2.62 bits per heavy atom. The van der Waals surface area contributed by atoms with Crippen molar-refractivity contribution >= 4 is 12.6 Å². The molecule has 0 saturated carbocycles. The molecular formula is C4H11N3S. The van der Waals surface area contributed by atoms with Crippen molar-refractivity contribution in [3.8, 4) is 0 Å². The van der Waals surface area contributed by atoms with Crippen molar-refractivity contribution < 1.29 is 4.90 Å². The Bertz CT molecular complexity index is 77.4. The lowest BCUT2D eigenvalue weighted by Gasteiger charge is -2.18. The van der Waals surface area contributed by atoms with E-state index in [1.807, 2.05) is 12.1 Å². The molecule has 1 fully saturated rings. The van der Waals surface area contributed by atoms with Crippen LogP contribution < -0.4 is 10.3 Å². The largest absolute Gasteiger partial charge is 0.709 e. The summed E-state index contributed by atoms with van der Waals surface area (Å²) >= 11 is 5.01. The molecule has 2 unspecified atom stereocenters. The van der Waals surface area contributed by atoms with Crippen LogP contribution in [-0.2, 0) is 12.6 Å². The highest BCUT2D eigenvalue weighted by atomic mass is 32.1. The summed E-state index contributed by atoms with van der Waals surface area (Å²) in [4.78, 5) is 1.34. The third-order valence-electron chi connectivity index (χ3n) is 1.27. The molecule has 1 rings (SSSR count). The zero-order valence-corrected chi connectivity index (χ0v) is 5.96. The summed E-state index contributed by atoms with van der Waals surface area (Å²) in [5, 5.41) is 2.01. The van der Waals surface area contributed by atoms with Gasteiger partial charge in [-0.3, -0.25) is 0 Å². The van der Waals surface area contributed by atoms with E-state index in [0.29, 0.717) is 0 Å². The van der Waals surface area contributed by atoms with E-state index in [1.54, 1.807) is 0 Å². The Kier molecular flexibility index (Phi) is 1.77. The minimum absolute atomic E-state index is 0.167. The molecule has 8 heavy (non-hydrogen) atoms. The van der Waals surface area contributed by atoms with Gasteiger partial charge in [-0.1, -0.05) is 0 Å². The molecule has 2 atom stereocenters. The van der Waals surface area contributed by atoms with Crippen LogP contribution in [0.4, 0.5) is 0 Å². The van der Waals surface area contributed by atoms with Gasteiger partial charge in [-0.25, -0.2) is 5.43 Å². The van der Waals surface area contributed by atoms with Crippen LogP contribution >= 0.6 is 0 Å². The first-order chi connectivity index (χ1) is 3.70. The monoisotopic (exact) mass is 133 g/mol. The van der Waals surface area contributed by atoms with Crippen LogP contribution in [0, 0.1) is 0 Å². The minimum atomic E-state index is 0.167. The number of rotatable bonds is 0. The zero-order chi connectivity index (χ0) is 6.15. The third kappa shape index (κ3) is 1.14. The third-order valence-corrected chi connectivity index (χ3v) is 1.78. The molecule has 0 bridgehead atoms. The molecular weight excluding hydrogens is 122 g/mol. The summed E-state index contributed by atoms with van der Waals surface area (Å²) in [5.41, 5.74) is 3.24. The molecule has 1 saturated heterocycles. The summed E-state index contributed by atoms with van der Waals surface area (Å²) in [6.45, 7) is 0.994. The minimum Gasteiger partial charge on any atom is -0.709 e. The van der Waals surface area contributed by atoms with Crippen LogP contribution in [-0.4, -0.2) is 31.3 Å². The van der Waals surface area contributed by atoms with Crippen LogP contribution in [0.3, 0.4) is 0 Å². The number of quaternary nitrogens is 1. The second kappa shape index (κ2) is 2.23. The standard InChI is InChI=1S/C4H11N3S/c1-6-3-7(2)5-4(6)8/h4-5,8H,3H2,1-2H3. The van der Waals surface area contributed by atoms with E-state index >= 15 is 0 Å². The number of hydrogen-bond acceptors (Lipinski definition) is 3. The van der Waals surface area contributed by atoms with Gasteiger partial charge in [0.1, 0.15) is 6.67 Å². The van der Waals surface area contributed by atoms with Crippen LogP contribution in [0.25, 0.3) is 0 Å². The van der Waals surface area contributed by atoms with E-state index in [-0.39, 0.29) is 5.50 Å². The molecule has 3 nitrogen and oxygen atoms in total. The maximum Gasteiger partial charge on any atom is 0.145 e. The smallest absolute Gasteiger partial charge is 0.145 e. The predicted octanol–water partition coefficient (Wildman–Crippen LogP) is -2.26. The second-order valence-electron chi connectivity index (χ2n) is 2.21. The van der Waals surface area contributed by atoms with E-state index < -0.39 is 0 Å². The lowest BCUT2D eigenvalue weighted by molar-refractivity contribution is -0.882. The molecule has 0 aromatic heterocycles. The van der Waals surface area contributed by atoms with Crippen LogP contribution in [0.15, 0.2) is 0 Å². The maximum atomic E-state index is 5.01. The molecule has 1 aliphatic rings. The summed E-state index contributed by atoms with van der Waals surface area (Å²) in [7, 11) is 4.07. The molecule has 0 amide bonds. The molecule has 1 heterocycles. The fourth-order valence-corrected chi connectivity index (χ4v) is 1.07. The molecule has 0 aliphatic carbocycles. The normalized spacial score (nSPS) is 40.9. The molecule has 0 radical (unpaired) electrons. The van der Waals surface area contributed by atoms with Gasteiger partial charge in [0.2, 0.25) is 0 Å². The molecule has 0 spiro atoms. The number of nitrogens with one attached hydrogen (secondary N) is 2. The van der Waals surface area contributed by atoms with E-state index in [4.69, 9.17) is 12.6 Å². The van der Waals surface area contributed by atoms with Crippen molar-refractivity contribution in [2.24, 2.45) is 0 Å². The second-order valence-corrected chi connectivity index (χ2v) is 2.68. The molecule has 2 N–H and O–H groups in total. The van der Waals surface area contributed by atoms with E-state index in [2.05, 4.69) is 12.5 Å². The highest BCUT2D eigenvalue weighted by Gasteiger charge is 2.16. The molecule has 0 aromatic rings. The van der Waals surface area contributed by atoms with E-state index in [1.165, 1.54) is 4.90 Å². The summed E-state index contributed by atoms with van der Waals surface area (Å²) < 4.78 is 0. The molecule has 0 aromatic carbocycles. The van der Waals surface area contributed by atoms with E-state index in [0.717, 1.165) is 6.67 Å². The Morgan fingerprint density at radius 1 is 1.88 bits per heavy atom. The van der Waals surface area contributed by atoms with Gasteiger partial charge < -0.3 is 17.5 Å². The highest BCUT2D eigenvalue weighted by molar-refractivity contribution is 7.59. The van der Waals surface area contributed by atoms with Gasteiger partial charge in [0.25, 0.3) is 0 Å². The van der Waals surface area contributed by atoms with Gasteiger partial charge in [0.15, 0.2) is 0 Å². The van der Waals surface area contributed by atoms with Gasteiger partial charge in [-0.2, -0.15) is 5.01 Å². The topological polar surface area (TPSA) is 19.7 Å². The first-order valence-electron chi connectivity index (χ1n) is 2.65. The molecule has 48 valence electrons. The summed E-state index contributed by atoms with van der Waals surface area (Å²) in [6, 6.07) is 0. The Labute approximate surface area is 55.0 Å². The quantitative estimate of drug-likeness (QED) is 0.364. The Hall–Kier alpha value is 0.230. The average Bonchev–Trinajstić information content (AvgIpc) is 1.85. The first kappa shape index (κ1) is 6.35. The van der Waals surface area contributed by atoms with Crippen molar-refractivity contribution in [2.75, 3.05) is 20.8 Å². The maximum absolute atomic E-state index is 5.01. The first-order valence-corrected chi connectivity index (χ1v) is 3.13. The Balaban J connectivity index is 2.39. The van der Waals surface area contributed by atoms with Crippen LogP contribution in [0.5, 0.6) is 0 Å². The lowest BCUT2D eigenvalue weighted by Crippen LogP contribution is -3.11. The summed E-state index contributed by atoms with van der Waals surface area (Å²) in [5.74, 6) is 0. The van der Waals surface area contributed by atoms with Gasteiger partial charge in [0, 0.05) is 12.5 Å². The lowest BCUT2D eigenvalue weighted by atomic mass is 10.8. The van der Waals surface area contributed by atoms with Gasteiger partial charge in [-0.15, -0.1) is 0 Å². The van der Waals surface area contributed by atoms with Gasteiger partial charge in [0.05, 0.1) is 7.05 Å². The summed E-state index contributed by atoms with van der Waals surface area (Å²) in [6.07, 6.45) is 0.